The molecule has 1 amide bonds. The van der Waals surface area contributed by atoms with Crippen LogP contribution in [0.15, 0.2) is 12.1 Å². The van der Waals surface area contributed by atoms with Crippen LogP contribution in [0.4, 0.5) is 8.78 Å². The number of carbonyl (C=O) groups excluding carboxylic acids is 1. The van der Waals surface area contributed by atoms with Crippen molar-refractivity contribution in [1.29, 1.82) is 0 Å². The smallest absolute Gasteiger partial charge is 0.252 e. The summed E-state index contributed by atoms with van der Waals surface area (Å²) in [7, 11) is 0. The van der Waals surface area contributed by atoms with Crippen LogP contribution in [0.2, 0.25) is 0 Å². The minimum absolute atomic E-state index is 0.184. The van der Waals surface area contributed by atoms with Gasteiger partial charge in [0.25, 0.3) is 5.91 Å². The van der Waals surface area contributed by atoms with Gasteiger partial charge in [-0.15, -0.1) is 0 Å². The number of halogens is 3. The summed E-state index contributed by atoms with van der Waals surface area (Å²) in [6.07, 6.45) is 2.17. The van der Waals surface area contributed by atoms with Gasteiger partial charge in [0.15, 0.2) is 11.6 Å². The molecule has 1 fully saturated rings. The van der Waals surface area contributed by atoms with Crippen molar-refractivity contribution in [3.63, 3.8) is 0 Å². The van der Waals surface area contributed by atoms with Crippen molar-refractivity contribution in [2.75, 3.05) is 19.6 Å². The third-order valence-corrected chi connectivity index (χ3v) is 4.10. The van der Waals surface area contributed by atoms with Crippen molar-refractivity contribution in [1.82, 2.24) is 10.6 Å². The maximum Gasteiger partial charge on any atom is 0.252 e. The molecule has 3 nitrogen and oxygen atoms in total. The number of amides is 1. The van der Waals surface area contributed by atoms with E-state index in [4.69, 9.17) is 0 Å². The largest absolute Gasteiger partial charge is 0.352 e. The Morgan fingerprint density at radius 2 is 2.16 bits per heavy atom. The number of carbonyl (C=O) groups is 1. The Morgan fingerprint density at radius 3 is 2.84 bits per heavy atom. The molecule has 1 aromatic carbocycles. The topological polar surface area (TPSA) is 41.1 Å². The van der Waals surface area contributed by atoms with Crippen LogP contribution in [0.5, 0.6) is 0 Å². The van der Waals surface area contributed by atoms with Crippen LogP contribution >= 0.6 is 22.6 Å². The maximum atomic E-state index is 13.1. The molecule has 2 N–H and O–H groups in total. The lowest BCUT2D eigenvalue weighted by Gasteiger charge is -2.23. The number of nitrogens with one attached hydrogen (secondary N) is 2. The minimum Gasteiger partial charge on any atom is -0.352 e. The molecule has 0 aliphatic carbocycles. The second-order valence-electron chi connectivity index (χ2n) is 4.67. The van der Waals surface area contributed by atoms with Crippen LogP contribution in [0.3, 0.4) is 0 Å². The molecule has 0 spiro atoms. The highest BCUT2D eigenvalue weighted by atomic mass is 127. The molecular formula is C13H15F2IN2O. The van der Waals surface area contributed by atoms with E-state index in [0.717, 1.165) is 38.1 Å². The highest BCUT2D eigenvalue weighted by molar-refractivity contribution is 14.1. The predicted octanol–water partition coefficient (Wildman–Crippen LogP) is 2.30. The molecule has 1 aliphatic heterocycles. The van der Waals surface area contributed by atoms with E-state index in [2.05, 4.69) is 10.6 Å². The van der Waals surface area contributed by atoms with Crippen LogP contribution in [-0.2, 0) is 0 Å². The lowest BCUT2D eigenvalue weighted by Crippen LogP contribution is -2.38. The fourth-order valence-corrected chi connectivity index (χ4v) is 2.80. The standard InChI is InChI=1S/C13H15F2IN2O/c14-10-4-9(12(16)5-11(10)15)13(19)18-7-8-2-1-3-17-6-8/h4-5,8,17H,1-3,6-7H2,(H,18,19). The molecule has 0 radical (unpaired) electrons. The molecule has 6 heteroatoms. The first-order valence-electron chi connectivity index (χ1n) is 6.21. The van der Waals surface area contributed by atoms with Gasteiger partial charge in [0.2, 0.25) is 0 Å². The fourth-order valence-electron chi connectivity index (χ4n) is 2.13. The molecule has 1 unspecified atom stereocenters. The van der Waals surface area contributed by atoms with Crippen LogP contribution in [-0.4, -0.2) is 25.5 Å². The van der Waals surface area contributed by atoms with E-state index in [1.165, 1.54) is 0 Å². The average Bonchev–Trinajstić information content (AvgIpc) is 2.41. The number of rotatable bonds is 3. The summed E-state index contributed by atoms with van der Waals surface area (Å²) in [6.45, 7) is 2.46. The van der Waals surface area contributed by atoms with Crippen molar-refractivity contribution >= 4 is 28.5 Å². The lowest BCUT2D eigenvalue weighted by molar-refractivity contribution is 0.0943. The van der Waals surface area contributed by atoms with Crippen LogP contribution in [0, 0.1) is 21.1 Å². The summed E-state index contributed by atoms with van der Waals surface area (Å²) in [6, 6.07) is 1.98. The zero-order chi connectivity index (χ0) is 13.8. The molecule has 1 atom stereocenters. The second-order valence-corrected chi connectivity index (χ2v) is 5.83. The number of hydrogen-bond donors (Lipinski definition) is 2. The quantitative estimate of drug-likeness (QED) is 0.624. The third kappa shape index (κ3) is 3.85. The SMILES string of the molecule is O=C(NCC1CCCNC1)c1cc(F)c(F)cc1I. The van der Waals surface area contributed by atoms with Gasteiger partial charge in [-0.25, -0.2) is 8.78 Å². The molecule has 0 bridgehead atoms. The molecule has 1 saturated heterocycles. The molecule has 0 saturated carbocycles. The van der Waals surface area contributed by atoms with Crippen LogP contribution in [0.25, 0.3) is 0 Å². The van der Waals surface area contributed by atoms with Gasteiger partial charge in [0.05, 0.1) is 5.56 Å². The number of hydrogen-bond acceptors (Lipinski definition) is 2. The molecule has 1 aromatic rings. The first-order chi connectivity index (χ1) is 9.08. The molecule has 1 aliphatic rings. The Labute approximate surface area is 124 Å². The van der Waals surface area contributed by atoms with Gasteiger partial charge in [-0.2, -0.15) is 0 Å². The van der Waals surface area contributed by atoms with Gasteiger partial charge in [-0.05, 0) is 66.6 Å². The molecule has 19 heavy (non-hydrogen) atoms. The van der Waals surface area contributed by atoms with Crippen LogP contribution in [0.1, 0.15) is 23.2 Å². The summed E-state index contributed by atoms with van der Waals surface area (Å²) in [4.78, 5) is 11.9. The monoisotopic (exact) mass is 380 g/mol. The van der Waals surface area contributed by atoms with E-state index in [0.29, 0.717) is 16.0 Å². The maximum absolute atomic E-state index is 13.1. The average molecular weight is 380 g/mol. The first kappa shape index (κ1) is 14.6. The molecule has 104 valence electrons. The third-order valence-electron chi connectivity index (χ3n) is 3.20. The summed E-state index contributed by atoms with van der Waals surface area (Å²) in [5, 5.41) is 6.05. The lowest BCUT2D eigenvalue weighted by atomic mass is 9.99. The summed E-state index contributed by atoms with van der Waals surface area (Å²) in [5.74, 6) is -1.88. The van der Waals surface area contributed by atoms with Gasteiger partial charge in [-0.3, -0.25) is 4.79 Å². The van der Waals surface area contributed by atoms with Gasteiger partial charge >= 0.3 is 0 Å². The number of piperidine rings is 1. The normalized spacial score (nSPS) is 19.2. The Hall–Kier alpha value is -0.760. The van der Waals surface area contributed by atoms with Crippen LogP contribution < -0.4 is 10.6 Å². The van der Waals surface area contributed by atoms with E-state index < -0.39 is 11.6 Å². The Kier molecular flexibility index (Phi) is 5.09. The predicted molar refractivity (Wildman–Crippen MR) is 77.0 cm³/mol. The van der Waals surface area contributed by atoms with E-state index in [-0.39, 0.29) is 11.5 Å². The van der Waals surface area contributed by atoms with E-state index >= 15 is 0 Å². The minimum atomic E-state index is -0.995. The Morgan fingerprint density at radius 1 is 1.42 bits per heavy atom. The first-order valence-corrected chi connectivity index (χ1v) is 7.29. The van der Waals surface area contributed by atoms with Crippen molar-refractivity contribution in [3.05, 3.63) is 32.9 Å². The summed E-state index contributed by atoms with van der Waals surface area (Å²) in [5.41, 5.74) is 0.184. The van der Waals surface area contributed by atoms with Gasteiger partial charge in [0, 0.05) is 10.1 Å². The van der Waals surface area contributed by atoms with Crippen molar-refractivity contribution in [3.8, 4) is 0 Å². The Bertz CT molecular complexity index is 476. The van der Waals surface area contributed by atoms with Gasteiger partial charge in [-0.1, -0.05) is 0 Å². The Balaban J connectivity index is 1.97. The van der Waals surface area contributed by atoms with Gasteiger partial charge in [0.1, 0.15) is 0 Å². The zero-order valence-electron chi connectivity index (χ0n) is 10.3. The highest BCUT2D eigenvalue weighted by Gasteiger charge is 2.17. The molecule has 0 aromatic heterocycles. The van der Waals surface area contributed by atoms with Crippen molar-refractivity contribution in [2.45, 2.75) is 12.8 Å². The van der Waals surface area contributed by atoms with E-state index in [1.807, 2.05) is 22.6 Å². The molecule has 1 heterocycles. The van der Waals surface area contributed by atoms with Crippen molar-refractivity contribution < 1.29 is 13.6 Å². The van der Waals surface area contributed by atoms with Gasteiger partial charge < -0.3 is 10.6 Å². The molecule has 2 rings (SSSR count). The van der Waals surface area contributed by atoms with E-state index in [1.54, 1.807) is 0 Å². The summed E-state index contributed by atoms with van der Waals surface area (Å²) >= 11 is 1.83. The summed E-state index contributed by atoms with van der Waals surface area (Å²) < 4.78 is 26.5. The second kappa shape index (κ2) is 6.60. The number of benzene rings is 1. The fraction of sp³-hybridized carbons (Fsp3) is 0.462. The van der Waals surface area contributed by atoms with E-state index in [9.17, 15) is 13.6 Å². The molecular weight excluding hydrogens is 365 g/mol. The van der Waals surface area contributed by atoms with Crippen molar-refractivity contribution in [2.24, 2.45) is 5.92 Å². The zero-order valence-corrected chi connectivity index (χ0v) is 12.5. The highest BCUT2D eigenvalue weighted by Crippen LogP contribution is 2.17.